The summed E-state index contributed by atoms with van der Waals surface area (Å²) in [7, 11) is 0.858. The molecule has 3 rings (SSSR count). The molecule has 0 fully saturated rings. The van der Waals surface area contributed by atoms with Crippen LogP contribution in [0.5, 0.6) is 0 Å². The summed E-state index contributed by atoms with van der Waals surface area (Å²) in [6, 6.07) is 14.0. The van der Waals surface area contributed by atoms with Crippen LogP contribution < -0.4 is 0 Å². The van der Waals surface area contributed by atoms with Gasteiger partial charge in [-0.05, 0) is 11.1 Å². The quantitative estimate of drug-likeness (QED) is 0.385. The van der Waals surface area contributed by atoms with E-state index in [2.05, 4.69) is 20.0 Å². The Kier molecular flexibility index (Phi) is 14.2. The molecule has 0 aromatic heterocycles. The van der Waals surface area contributed by atoms with Crippen molar-refractivity contribution >= 4 is 5.97 Å². The van der Waals surface area contributed by atoms with E-state index >= 15 is 0 Å². The van der Waals surface area contributed by atoms with Crippen molar-refractivity contribution in [2.45, 2.75) is 24.3 Å². The van der Waals surface area contributed by atoms with Gasteiger partial charge in [-0.25, -0.2) is 4.79 Å². The summed E-state index contributed by atoms with van der Waals surface area (Å²) < 4.78 is 73.6. The number of rotatable bonds is 4. The first-order valence-corrected chi connectivity index (χ1v) is 7.97. The molecule has 6 nitrogen and oxygen atoms in total. The van der Waals surface area contributed by atoms with Gasteiger partial charge in [-0.15, -0.1) is 0 Å². The van der Waals surface area contributed by atoms with Gasteiger partial charge in [0.1, 0.15) is 6.10 Å². The van der Waals surface area contributed by atoms with Crippen molar-refractivity contribution in [3.05, 3.63) is 91.2 Å². The van der Waals surface area contributed by atoms with E-state index in [4.69, 9.17) is 23.4 Å². The summed E-state index contributed by atoms with van der Waals surface area (Å²) in [5.41, 5.74) is -1.76. The summed E-state index contributed by atoms with van der Waals surface area (Å²) in [4.78, 5) is 12.5. The number of carbonyl (C=O) groups excluding carboxylic acids is 1. The molecule has 0 N–H and O–H groups in total. The number of halogens is 3. The van der Waals surface area contributed by atoms with Crippen LogP contribution in [0, 0.1) is 20.0 Å². The third-order valence-corrected chi connectivity index (χ3v) is 4.23. The Hall–Kier alpha value is -2.59. The Balaban J connectivity index is 0. The zero-order chi connectivity index (χ0) is 23.4. The maximum Gasteiger partial charge on any atom is 6.00 e. The average Bonchev–Trinajstić information content (AvgIpc) is 2.77. The molecule has 10 heteroatoms. The zero-order valence-electron chi connectivity index (χ0n) is 16.0. The van der Waals surface area contributed by atoms with E-state index in [1.54, 1.807) is 18.2 Å². The van der Waals surface area contributed by atoms with Gasteiger partial charge in [0.25, 0.3) is 5.60 Å². The predicted octanol–water partition coefficient (Wildman–Crippen LogP) is 3.82. The molecule has 156 valence electrons. The van der Waals surface area contributed by atoms with Crippen molar-refractivity contribution in [1.82, 2.24) is 0 Å². The molecule has 2 aromatic rings. The van der Waals surface area contributed by atoms with Gasteiger partial charge in [-0.3, -0.25) is 0 Å². The molecule has 31 heavy (non-hydrogen) atoms. The molecule has 0 aliphatic heterocycles. The van der Waals surface area contributed by atoms with Crippen LogP contribution in [0.2, 0.25) is 0 Å². The fraction of sp³-hybridized carbons (Fsp3) is 0.238. The number of esters is 1. The molecule has 2 aromatic carbocycles. The molecule has 1 aliphatic rings. The van der Waals surface area contributed by atoms with Gasteiger partial charge in [-0.2, -0.15) is 13.2 Å². The fourth-order valence-electron chi connectivity index (χ4n) is 2.92. The number of fused-ring (bicyclic) bond motifs is 1. The van der Waals surface area contributed by atoms with E-state index in [-0.39, 0.29) is 22.9 Å². The standard InChI is InChI=1S/C18H15F3O3.3CO.Cr/c1-23-17(18(19,20)21,13-8-3-2-4-9-13)16(22)24-15-11-12-7-5-6-10-14(12)15;3*1-2;/h2-10,15H,11H2,1H3;;;;/q;;;;+6. The van der Waals surface area contributed by atoms with E-state index in [0.717, 1.165) is 18.2 Å². The van der Waals surface area contributed by atoms with Gasteiger partial charge in [0, 0.05) is 19.1 Å². The summed E-state index contributed by atoms with van der Waals surface area (Å²) in [6.07, 6.45) is -5.24. The molecule has 0 saturated heterocycles. The summed E-state index contributed by atoms with van der Waals surface area (Å²) >= 11 is 0. The van der Waals surface area contributed by atoms with Crippen LogP contribution in [0.3, 0.4) is 0 Å². The van der Waals surface area contributed by atoms with Crippen LogP contribution in [0.1, 0.15) is 22.8 Å². The van der Waals surface area contributed by atoms with Crippen molar-refractivity contribution in [1.29, 1.82) is 0 Å². The number of carbonyl (C=O) groups is 1. The van der Waals surface area contributed by atoms with Crippen LogP contribution in [0.15, 0.2) is 54.6 Å². The van der Waals surface area contributed by atoms with Gasteiger partial charge < -0.3 is 9.47 Å². The minimum Gasteiger partial charge on any atom is 6.00 e. The van der Waals surface area contributed by atoms with E-state index in [0.29, 0.717) is 6.42 Å². The summed E-state index contributed by atoms with van der Waals surface area (Å²) in [5, 5.41) is 0. The predicted molar refractivity (Wildman–Crippen MR) is 92.0 cm³/mol. The zero-order valence-corrected chi connectivity index (χ0v) is 17.2. The molecule has 0 amide bonds. The average molecular weight is 472 g/mol. The molecule has 0 spiro atoms. The summed E-state index contributed by atoms with van der Waals surface area (Å²) in [5.74, 6) is -1.46. The Morgan fingerprint density at radius 1 is 0.935 bits per heavy atom. The second kappa shape index (κ2) is 14.4. The third-order valence-electron chi connectivity index (χ3n) is 4.23. The molecular formula is C21H15CrF3O6+6. The van der Waals surface area contributed by atoms with E-state index in [9.17, 15) is 18.0 Å². The van der Waals surface area contributed by atoms with Crippen LogP contribution in [-0.2, 0) is 57.6 Å². The van der Waals surface area contributed by atoms with Crippen molar-refractivity contribution in [3.8, 4) is 0 Å². The van der Waals surface area contributed by atoms with E-state index < -0.39 is 23.9 Å². The Labute approximate surface area is 187 Å². The number of ether oxygens (including phenoxy) is 2. The Morgan fingerprint density at radius 3 is 1.87 bits per heavy atom. The molecule has 0 saturated carbocycles. The van der Waals surface area contributed by atoms with Crippen LogP contribution in [0.4, 0.5) is 13.2 Å². The molecule has 2 atom stereocenters. The minimum absolute atomic E-state index is 0. The maximum absolute atomic E-state index is 13.8. The normalized spacial score (nSPS) is 14.8. The monoisotopic (exact) mass is 472 g/mol. The topological polar surface area (TPSA) is 95.2 Å². The number of benzene rings is 2. The second-order valence-electron chi connectivity index (χ2n) is 5.55. The molecular weight excluding hydrogens is 457 g/mol. The molecule has 0 bridgehead atoms. The van der Waals surface area contributed by atoms with Crippen molar-refractivity contribution in [3.63, 3.8) is 0 Å². The number of hydrogen-bond acceptors (Lipinski definition) is 3. The fourth-order valence-corrected chi connectivity index (χ4v) is 2.92. The third kappa shape index (κ3) is 6.44. The van der Waals surface area contributed by atoms with Gasteiger partial charge in [0.05, 0.1) is 0 Å². The minimum atomic E-state index is -4.95. The summed E-state index contributed by atoms with van der Waals surface area (Å²) in [6.45, 7) is 13.5. The van der Waals surface area contributed by atoms with Gasteiger partial charge in [0.2, 0.25) is 0 Å². The molecule has 0 heterocycles. The Morgan fingerprint density at radius 2 is 1.42 bits per heavy atom. The number of methoxy groups -OCH3 is 1. The first kappa shape index (κ1) is 30.6. The second-order valence-corrected chi connectivity index (χ2v) is 5.55. The van der Waals surface area contributed by atoms with E-state index in [1.807, 2.05) is 12.1 Å². The first-order chi connectivity index (χ1) is 14.4. The SMILES string of the molecule is COC(C(=O)OC1Cc2ccccc21)(c1ccccc1)C(F)(F)F.[C-]#[O+].[C-]#[O+].[C-]#[O+].[Cr+6]. The van der Waals surface area contributed by atoms with Crippen molar-refractivity contribution in [2.75, 3.05) is 7.11 Å². The largest absolute Gasteiger partial charge is 6.00 e. The van der Waals surface area contributed by atoms with Crippen molar-refractivity contribution in [2.24, 2.45) is 0 Å². The first-order valence-electron chi connectivity index (χ1n) is 7.97. The van der Waals surface area contributed by atoms with Gasteiger partial charge in [-0.1, -0.05) is 54.6 Å². The molecule has 0 radical (unpaired) electrons. The van der Waals surface area contributed by atoms with Gasteiger partial charge >= 0.3 is 63.4 Å². The smallest absolute Gasteiger partial charge is 6.00 e. The number of hydrogen-bond donors (Lipinski definition) is 0. The molecule has 1 aliphatic carbocycles. The van der Waals surface area contributed by atoms with E-state index in [1.165, 1.54) is 24.3 Å². The van der Waals surface area contributed by atoms with Crippen molar-refractivity contribution < 1.29 is 58.8 Å². The van der Waals surface area contributed by atoms with Gasteiger partial charge in [0.15, 0.2) is 0 Å². The molecule has 2 unspecified atom stereocenters. The Bertz CT molecular complexity index is 866. The maximum atomic E-state index is 13.8. The van der Waals surface area contributed by atoms with Crippen LogP contribution >= 0.6 is 0 Å². The van der Waals surface area contributed by atoms with Crippen LogP contribution in [-0.4, -0.2) is 19.3 Å². The number of alkyl halides is 3. The van der Waals surface area contributed by atoms with Crippen LogP contribution in [0.25, 0.3) is 0 Å².